The Morgan fingerprint density at radius 1 is 1.18 bits per heavy atom. The molecule has 0 spiro atoms. The molecule has 0 radical (unpaired) electrons. The fourth-order valence-electron chi connectivity index (χ4n) is 5.31. The molecule has 2 aromatic carbocycles. The Kier molecular flexibility index (Phi) is 8.08. The Balaban J connectivity index is 2.27. The standard InChI is InChI=1S/C28H33Cl2NO2/c1-6-15-28(5)17-24(21-9-8-10-23(30)16-21)26(20-11-13-22(29)14-12-20)31(27(28)33)25(7-2)18(3)19(4)32/h6,8-14,16,18,24-26H,1,7,15,17H2,2-5H3/t18-,24+,25?,26?,28-/m0/s1. The maximum absolute atomic E-state index is 14.2. The summed E-state index contributed by atoms with van der Waals surface area (Å²) in [7, 11) is 0. The van der Waals surface area contributed by atoms with Gasteiger partial charge in [-0.2, -0.15) is 0 Å². The van der Waals surface area contributed by atoms with Crippen LogP contribution in [0.3, 0.4) is 0 Å². The largest absolute Gasteiger partial charge is 0.331 e. The number of benzene rings is 2. The summed E-state index contributed by atoms with van der Waals surface area (Å²) in [5.74, 6) is -0.124. The van der Waals surface area contributed by atoms with Crippen molar-refractivity contribution in [1.29, 1.82) is 0 Å². The summed E-state index contributed by atoms with van der Waals surface area (Å²) in [6, 6.07) is 15.1. The molecule has 1 aliphatic heterocycles. The summed E-state index contributed by atoms with van der Waals surface area (Å²) in [5, 5.41) is 1.31. The summed E-state index contributed by atoms with van der Waals surface area (Å²) >= 11 is 12.6. The zero-order valence-electron chi connectivity index (χ0n) is 19.9. The van der Waals surface area contributed by atoms with Crippen molar-refractivity contribution in [1.82, 2.24) is 4.90 Å². The average molecular weight is 486 g/mol. The molecule has 33 heavy (non-hydrogen) atoms. The highest BCUT2D eigenvalue weighted by molar-refractivity contribution is 6.30. The Hall–Kier alpha value is -2.10. The first-order chi connectivity index (χ1) is 15.6. The van der Waals surface area contributed by atoms with Crippen molar-refractivity contribution in [3.8, 4) is 0 Å². The minimum atomic E-state index is -0.623. The Morgan fingerprint density at radius 2 is 1.85 bits per heavy atom. The van der Waals surface area contributed by atoms with E-state index < -0.39 is 5.41 Å². The molecule has 1 amide bonds. The van der Waals surface area contributed by atoms with E-state index in [1.807, 2.05) is 74.2 Å². The van der Waals surface area contributed by atoms with E-state index in [2.05, 4.69) is 12.6 Å². The normalized spacial score (nSPS) is 24.9. The van der Waals surface area contributed by atoms with Gasteiger partial charge in [0.25, 0.3) is 0 Å². The van der Waals surface area contributed by atoms with Crippen LogP contribution < -0.4 is 0 Å². The first-order valence-corrected chi connectivity index (χ1v) is 12.3. The number of ketones is 1. The molecule has 1 aliphatic rings. The summed E-state index contributed by atoms with van der Waals surface area (Å²) in [5.41, 5.74) is 1.47. The van der Waals surface area contributed by atoms with Crippen molar-refractivity contribution in [2.24, 2.45) is 11.3 Å². The van der Waals surface area contributed by atoms with Crippen molar-refractivity contribution in [2.45, 2.75) is 65.0 Å². The average Bonchev–Trinajstić information content (AvgIpc) is 2.77. The number of piperidine rings is 1. The third-order valence-corrected chi connectivity index (χ3v) is 7.67. The van der Waals surface area contributed by atoms with Crippen LogP contribution >= 0.6 is 23.2 Å². The fraction of sp³-hybridized carbons (Fsp3) is 0.429. The van der Waals surface area contributed by atoms with E-state index in [1.165, 1.54) is 0 Å². The number of carbonyl (C=O) groups is 2. The van der Waals surface area contributed by atoms with Gasteiger partial charge < -0.3 is 4.90 Å². The van der Waals surface area contributed by atoms with Crippen LogP contribution in [0.1, 0.15) is 70.0 Å². The second-order valence-electron chi connectivity index (χ2n) is 9.50. The molecule has 0 aliphatic carbocycles. The quantitative estimate of drug-likeness (QED) is 0.360. The van der Waals surface area contributed by atoms with Crippen molar-refractivity contribution < 1.29 is 9.59 Å². The van der Waals surface area contributed by atoms with Gasteiger partial charge in [-0.1, -0.05) is 74.3 Å². The van der Waals surface area contributed by atoms with E-state index in [1.54, 1.807) is 6.92 Å². The van der Waals surface area contributed by atoms with Crippen LogP contribution in [0.5, 0.6) is 0 Å². The van der Waals surface area contributed by atoms with Gasteiger partial charge in [-0.15, -0.1) is 6.58 Å². The second-order valence-corrected chi connectivity index (χ2v) is 10.4. The summed E-state index contributed by atoms with van der Waals surface area (Å²) in [4.78, 5) is 28.6. The van der Waals surface area contributed by atoms with Crippen molar-refractivity contribution in [3.05, 3.63) is 82.4 Å². The Labute approximate surface area is 207 Å². The molecular formula is C28H33Cl2NO2. The molecule has 2 unspecified atom stereocenters. The predicted molar refractivity (Wildman–Crippen MR) is 137 cm³/mol. The van der Waals surface area contributed by atoms with E-state index in [-0.39, 0.29) is 35.6 Å². The number of nitrogens with zero attached hydrogens (tertiary/aromatic N) is 1. The van der Waals surface area contributed by atoms with Gasteiger partial charge in [-0.25, -0.2) is 0 Å². The molecule has 1 saturated heterocycles. The molecule has 5 atom stereocenters. The zero-order chi connectivity index (χ0) is 24.3. The van der Waals surface area contributed by atoms with E-state index >= 15 is 0 Å². The SMILES string of the molecule is C=CC[C@@]1(C)C[C@H](c2cccc(Cl)c2)C(c2ccc(Cl)cc2)N(C(CC)[C@@H](C)C(C)=O)C1=O. The minimum Gasteiger partial charge on any atom is -0.331 e. The number of hydrogen-bond donors (Lipinski definition) is 0. The molecule has 2 aromatic rings. The highest BCUT2D eigenvalue weighted by atomic mass is 35.5. The number of likely N-dealkylation sites (tertiary alicyclic amines) is 1. The number of rotatable bonds is 8. The summed E-state index contributed by atoms with van der Waals surface area (Å²) in [6.45, 7) is 11.5. The lowest BCUT2D eigenvalue weighted by Crippen LogP contribution is -2.57. The summed E-state index contributed by atoms with van der Waals surface area (Å²) < 4.78 is 0. The second kappa shape index (κ2) is 10.4. The molecule has 1 heterocycles. The highest BCUT2D eigenvalue weighted by Crippen LogP contribution is 2.52. The van der Waals surface area contributed by atoms with Gasteiger partial charge in [-0.3, -0.25) is 9.59 Å². The van der Waals surface area contributed by atoms with Crippen LogP contribution in [-0.4, -0.2) is 22.6 Å². The van der Waals surface area contributed by atoms with E-state index in [9.17, 15) is 9.59 Å². The number of halogens is 2. The van der Waals surface area contributed by atoms with Gasteiger partial charge >= 0.3 is 0 Å². The van der Waals surface area contributed by atoms with Crippen molar-refractivity contribution in [3.63, 3.8) is 0 Å². The molecule has 5 heteroatoms. The van der Waals surface area contributed by atoms with Crippen LogP contribution in [0.25, 0.3) is 0 Å². The highest BCUT2D eigenvalue weighted by Gasteiger charge is 2.51. The number of Topliss-reactive ketones (excluding diaryl/α,β-unsaturated/α-hetero) is 1. The topological polar surface area (TPSA) is 37.4 Å². The van der Waals surface area contributed by atoms with Crippen LogP contribution in [0, 0.1) is 11.3 Å². The van der Waals surface area contributed by atoms with Gasteiger partial charge in [0.15, 0.2) is 0 Å². The lowest BCUT2D eigenvalue weighted by Gasteiger charge is -2.53. The zero-order valence-corrected chi connectivity index (χ0v) is 21.4. The lowest BCUT2D eigenvalue weighted by atomic mass is 9.66. The van der Waals surface area contributed by atoms with Crippen LogP contribution in [0.4, 0.5) is 0 Å². The molecule has 0 bridgehead atoms. The van der Waals surface area contributed by atoms with Crippen molar-refractivity contribution >= 4 is 34.9 Å². The first kappa shape index (κ1) is 25.5. The Morgan fingerprint density at radius 3 is 2.39 bits per heavy atom. The number of carbonyl (C=O) groups excluding carboxylic acids is 2. The maximum Gasteiger partial charge on any atom is 0.229 e. The molecule has 3 nitrogen and oxygen atoms in total. The van der Waals surface area contributed by atoms with E-state index in [4.69, 9.17) is 23.2 Å². The van der Waals surface area contributed by atoms with Crippen molar-refractivity contribution in [2.75, 3.05) is 0 Å². The minimum absolute atomic E-state index is 0.000679. The van der Waals surface area contributed by atoms with Gasteiger partial charge in [0.1, 0.15) is 5.78 Å². The van der Waals surface area contributed by atoms with Crippen LogP contribution in [0.15, 0.2) is 61.2 Å². The number of hydrogen-bond acceptors (Lipinski definition) is 2. The molecular weight excluding hydrogens is 453 g/mol. The third-order valence-electron chi connectivity index (χ3n) is 7.18. The monoisotopic (exact) mass is 485 g/mol. The molecule has 3 rings (SSSR count). The Bertz CT molecular complexity index is 1020. The lowest BCUT2D eigenvalue weighted by molar-refractivity contribution is -0.157. The summed E-state index contributed by atoms with van der Waals surface area (Å²) in [6.07, 6.45) is 3.73. The predicted octanol–water partition coefficient (Wildman–Crippen LogP) is 7.64. The van der Waals surface area contributed by atoms with Gasteiger partial charge in [0.05, 0.1) is 11.5 Å². The number of amides is 1. The van der Waals surface area contributed by atoms with Crippen LogP contribution in [-0.2, 0) is 9.59 Å². The molecule has 0 aromatic heterocycles. The molecule has 1 fully saturated rings. The van der Waals surface area contributed by atoms with E-state index in [0.29, 0.717) is 29.3 Å². The van der Waals surface area contributed by atoms with Crippen LogP contribution in [0.2, 0.25) is 10.0 Å². The maximum atomic E-state index is 14.2. The van der Waals surface area contributed by atoms with E-state index in [0.717, 1.165) is 11.1 Å². The van der Waals surface area contributed by atoms with Gasteiger partial charge in [-0.05, 0) is 61.6 Å². The van der Waals surface area contributed by atoms with Gasteiger partial charge in [0, 0.05) is 27.9 Å². The van der Waals surface area contributed by atoms with Gasteiger partial charge in [0.2, 0.25) is 5.91 Å². The third kappa shape index (κ3) is 5.20. The fourth-order valence-corrected chi connectivity index (χ4v) is 5.64. The molecule has 0 saturated carbocycles. The number of allylic oxidation sites excluding steroid dienone is 1. The first-order valence-electron chi connectivity index (χ1n) is 11.6. The molecule has 0 N–H and O–H groups in total. The molecule has 176 valence electrons. The smallest absolute Gasteiger partial charge is 0.229 e.